The fourth-order valence-electron chi connectivity index (χ4n) is 2.51. The molecule has 0 spiro atoms. The van der Waals surface area contributed by atoms with Gasteiger partial charge in [0.1, 0.15) is 0 Å². The van der Waals surface area contributed by atoms with Crippen LogP contribution in [0.2, 0.25) is 0 Å². The molecule has 0 saturated carbocycles. The molecule has 25 heavy (non-hydrogen) atoms. The quantitative estimate of drug-likeness (QED) is 0.664. The second kappa shape index (κ2) is 6.88. The van der Waals surface area contributed by atoms with E-state index < -0.39 is 12.1 Å². The summed E-state index contributed by atoms with van der Waals surface area (Å²) in [5, 5.41) is 12.0. The van der Waals surface area contributed by atoms with Gasteiger partial charge in [-0.2, -0.15) is 5.10 Å². The lowest BCUT2D eigenvalue weighted by molar-refractivity contribution is 0.0277. The van der Waals surface area contributed by atoms with Gasteiger partial charge < -0.3 is 9.15 Å². The monoisotopic (exact) mass is 340 g/mol. The molecule has 0 amide bonds. The van der Waals surface area contributed by atoms with Crippen molar-refractivity contribution in [3.8, 4) is 0 Å². The van der Waals surface area contributed by atoms with Crippen molar-refractivity contribution in [1.29, 1.82) is 0 Å². The number of hydrogen-bond acceptors (Lipinski definition) is 6. The molecule has 2 aromatic heterocycles. The number of aryl methyl sites for hydroxylation is 3. The first-order valence-corrected chi connectivity index (χ1v) is 8.03. The zero-order valence-electron chi connectivity index (χ0n) is 14.7. The van der Waals surface area contributed by atoms with Crippen molar-refractivity contribution in [1.82, 2.24) is 20.0 Å². The standard InChI is InChI=1S/C18H20N4O3/c1-11-9-12(2)22(21-11)10-15-5-7-16(8-6-15)18(23)24-13(3)17-20-19-14(4)25-17/h5-9,13H,10H2,1-4H3. The predicted octanol–water partition coefficient (Wildman–Crippen LogP) is 3.16. The molecule has 1 aromatic carbocycles. The summed E-state index contributed by atoms with van der Waals surface area (Å²) >= 11 is 0. The zero-order chi connectivity index (χ0) is 18.0. The fraction of sp³-hybridized carbons (Fsp3) is 0.333. The Balaban J connectivity index is 1.65. The lowest BCUT2D eigenvalue weighted by Crippen LogP contribution is -2.10. The summed E-state index contributed by atoms with van der Waals surface area (Å²) in [5.74, 6) is 0.291. The van der Waals surface area contributed by atoms with Crippen molar-refractivity contribution in [3.05, 3.63) is 64.6 Å². The molecule has 0 aliphatic carbocycles. The van der Waals surface area contributed by atoms with Crippen molar-refractivity contribution in [3.63, 3.8) is 0 Å². The number of benzene rings is 1. The normalized spacial score (nSPS) is 12.2. The van der Waals surface area contributed by atoms with Crippen LogP contribution in [0.15, 0.2) is 34.7 Å². The minimum absolute atomic E-state index is 0.284. The Morgan fingerprint density at radius 3 is 2.48 bits per heavy atom. The van der Waals surface area contributed by atoms with Crippen LogP contribution in [0, 0.1) is 20.8 Å². The number of ether oxygens (including phenoxy) is 1. The Kier molecular flexibility index (Phi) is 4.65. The molecule has 7 heteroatoms. The van der Waals surface area contributed by atoms with Gasteiger partial charge in [0.2, 0.25) is 5.89 Å². The highest BCUT2D eigenvalue weighted by Crippen LogP contribution is 2.18. The molecular formula is C18H20N4O3. The Labute approximate surface area is 145 Å². The molecule has 7 nitrogen and oxygen atoms in total. The molecule has 1 unspecified atom stereocenters. The van der Waals surface area contributed by atoms with Gasteiger partial charge in [0.25, 0.3) is 5.89 Å². The molecule has 1 atom stereocenters. The van der Waals surface area contributed by atoms with Crippen LogP contribution >= 0.6 is 0 Å². The van der Waals surface area contributed by atoms with Crippen LogP contribution in [-0.4, -0.2) is 25.9 Å². The van der Waals surface area contributed by atoms with E-state index in [9.17, 15) is 4.79 Å². The predicted molar refractivity (Wildman–Crippen MR) is 90.1 cm³/mol. The van der Waals surface area contributed by atoms with Crippen molar-refractivity contribution < 1.29 is 13.9 Å². The highest BCUT2D eigenvalue weighted by Gasteiger charge is 2.18. The first-order valence-electron chi connectivity index (χ1n) is 8.03. The number of hydrogen-bond donors (Lipinski definition) is 0. The Hall–Kier alpha value is -2.96. The second-order valence-electron chi connectivity index (χ2n) is 5.99. The maximum atomic E-state index is 12.2. The van der Waals surface area contributed by atoms with E-state index in [1.807, 2.05) is 36.7 Å². The third kappa shape index (κ3) is 3.93. The first kappa shape index (κ1) is 16.9. The van der Waals surface area contributed by atoms with Crippen molar-refractivity contribution in [2.24, 2.45) is 0 Å². The van der Waals surface area contributed by atoms with Crippen LogP contribution < -0.4 is 0 Å². The van der Waals surface area contributed by atoms with E-state index in [0.717, 1.165) is 17.0 Å². The lowest BCUT2D eigenvalue weighted by Gasteiger charge is -2.10. The maximum absolute atomic E-state index is 12.2. The summed E-state index contributed by atoms with van der Waals surface area (Å²) < 4.78 is 12.6. The molecule has 0 aliphatic heterocycles. The van der Waals surface area contributed by atoms with Crippen molar-refractivity contribution in [2.75, 3.05) is 0 Å². The van der Waals surface area contributed by atoms with E-state index in [1.165, 1.54) is 0 Å². The highest BCUT2D eigenvalue weighted by molar-refractivity contribution is 5.89. The molecule has 0 fully saturated rings. The minimum atomic E-state index is -0.594. The average Bonchev–Trinajstić information content (AvgIpc) is 3.13. The average molecular weight is 340 g/mol. The highest BCUT2D eigenvalue weighted by atomic mass is 16.6. The summed E-state index contributed by atoms with van der Waals surface area (Å²) in [4.78, 5) is 12.2. The second-order valence-corrected chi connectivity index (χ2v) is 5.99. The van der Waals surface area contributed by atoms with Gasteiger partial charge in [0.05, 0.1) is 17.8 Å². The summed E-state index contributed by atoms with van der Waals surface area (Å²) in [6.45, 7) is 8.03. The molecule has 3 aromatic rings. The van der Waals surface area contributed by atoms with Gasteiger partial charge in [0, 0.05) is 12.6 Å². The first-order chi connectivity index (χ1) is 11.9. The topological polar surface area (TPSA) is 83.0 Å². The number of rotatable bonds is 5. The van der Waals surface area contributed by atoms with Crippen molar-refractivity contribution in [2.45, 2.75) is 40.3 Å². The molecular weight excluding hydrogens is 320 g/mol. The van der Waals surface area contributed by atoms with Gasteiger partial charge in [-0.1, -0.05) is 12.1 Å². The summed E-state index contributed by atoms with van der Waals surface area (Å²) in [7, 11) is 0. The van der Waals surface area contributed by atoms with E-state index in [-0.39, 0.29) is 5.89 Å². The van der Waals surface area contributed by atoms with Gasteiger partial charge in [-0.25, -0.2) is 4.79 Å². The molecule has 0 bridgehead atoms. The molecule has 130 valence electrons. The molecule has 2 heterocycles. The number of esters is 1. The Bertz CT molecular complexity index is 880. The maximum Gasteiger partial charge on any atom is 0.338 e. The van der Waals surface area contributed by atoms with E-state index >= 15 is 0 Å². The Morgan fingerprint density at radius 1 is 1.20 bits per heavy atom. The fourth-order valence-corrected chi connectivity index (χ4v) is 2.51. The van der Waals surface area contributed by atoms with Crippen LogP contribution in [0.4, 0.5) is 0 Å². The van der Waals surface area contributed by atoms with Crippen LogP contribution in [0.25, 0.3) is 0 Å². The van der Waals surface area contributed by atoms with Gasteiger partial charge >= 0.3 is 5.97 Å². The van der Waals surface area contributed by atoms with Crippen LogP contribution in [0.5, 0.6) is 0 Å². The van der Waals surface area contributed by atoms with E-state index in [0.29, 0.717) is 18.0 Å². The van der Waals surface area contributed by atoms with E-state index in [2.05, 4.69) is 15.3 Å². The van der Waals surface area contributed by atoms with Crippen molar-refractivity contribution >= 4 is 5.97 Å². The number of carbonyl (C=O) groups excluding carboxylic acids is 1. The number of nitrogens with zero attached hydrogens (tertiary/aromatic N) is 4. The SMILES string of the molecule is Cc1cc(C)n(Cc2ccc(C(=O)OC(C)c3nnc(C)o3)cc2)n1. The van der Waals surface area contributed by atoms with Gasteiger partial charge in [-0.15, -0.1) is 10.2 Å². The smallest absolute Gasteiger partial charge is 0.338 e. The zero-order valence-corrected chi connectivity index (χ0v) is 14.7. The molecule has 0 saturated heterocycles. The summed E-state index contributed by atoms with van der Waals surface area (Å²) in [5.41, 5.74) is 3.62. The third-order valence-corrected chi connectivity index (χ3v) is 3.80. The molecule has 0 radical (unpaired) electrons. The largest absolute Gasteiger partial charge is 0.449 e. The van der Waals surface area contributed by atoms with Gasteiger partial charge in [-0.3, -0.25) is 4.68 Å². The van der Waals surface area contributed by atoms with Gasteiger partial charge in [-0.05, 0) is 44.5 Å². The van der Waals surface area contributed by atoms with Crippen LogP contribution in [-0.2, 0) is 11.3 Å². The van der Waals surface area contributed by atoms with E-state index in [1.54, 1.807) is 26.0 Å². The van der Waals surface area contributed by atoms with Gasteiger partial charge in [0.15, 0.2) is 6.10 Å². The minimum Gasteiger partial charge on any atom is -0.449 e. The molecule has 0 N–H and O–H groups in total. The van der Waals surface area contributed by atoms with Crippen LogP contribution in [0.1, 0.15) is 52.1 Å². The third-order valence-electron chi connectivity index (χ3n) is 3.80. The molecule has 3 rings (SSSR count). The Morgan fingerprint density at radius 2 is 1.92 bits per heavy atom. The summed E-state index contributed by atoms with van der Waals surface area (Å²) in [6.07, 6.45) is -0.594. The van der Waals surface area contributed by atoms with Crippen LogP contribution in [0.3, 0.4) is 0 Å². The summed E-state index contributed by atoms with van der Waals surface area (Å²) in [6, 6.07) is 9.32. The van der Waals surface area contributed by atoms with E-state index in [4.69, 9.17) is 9.15 Å². The molecule has 0 aliphatic rings. The lowest BCUT2D eigenvalue weighted by atomic mass is 10.1. The number of aromatic nitrogens is 4. The number of carbonyl (C=O) groups is 1.